The van der Waals surface area contributed by atoms with Crippen LogP contribution in [-0.4, -0.2) is 33.6 Å². The molecule has 156 valence electrons. The summed E-state index contributed by atoms with van der Waals surface area (Å²) in [6.45, 7) is 4.23. The zero-order valence-electron chi connectivity index (χ0n) is 15.8. The van der Waals surface area contributed by atoms with Gasteiger partial charge < -0.3 is 14.8 Å². The lowest BCUT2D eigenvalue weighted by atomic mass is 10.2. The van der Waals surface area contributed by atoms with Crippen LogP contribution in [-0.2, 0) is 10.0 Å². The number of halogens is 2. The number of carbonyl (C=O) groups excluding carboxylic acids is 1. The second-order valence-corrected chi connectivity index (χ2v) is 8.82. The minimum Gasteiger partial charge on any atom is -0.490 e. The van der Waals surface area contributed by atoms with Crippen molar-refractivity contribution in [3.63, 3.8) is 0 Å². The second-order valence-electron chi connectivity index (χ2n) is 6.70. The first-order chi connectivity index (χ1) is 13.7. The number of carbonyl (C=O) groups is 1. The van der Waals surface area contributed by atoms with Gasteiger partial charge in [0.2, 0.25) is 10.0 Å². The molecular weight excluding hydrogens is 423 g/mol. The summed E-state index contributed by atoms with van der Waals surface area (Å²) in [7, 11) is -3.89. The Kier molecular flexibility index (Phi) is 6.30. The van der Waals surface area contributed by atoms with Crippen molar-refractivity contribution in [1.82, 2.24) is 4.72 Å². The summed E-state index contributed by atoms with van der Waals surface area (Å²) in [4.78, 5) is 12.4. The molecule has 29 heavy (non-hydrogen) atoms. The van der Waals surface area contributed by atoms with Crippen LogP contribution in [0.5, 0.6) is 11.5 Å². The average Bonchev–Trinajstić information content (AvgIpc) is 2.86. The third kappa shape index (κ3) is 4.98. The van der Waals surface area contributed by atoms with Crippen LogP contribution in [0.2, 0.25) is 5.02 Å². The number of hydrogen-bond acceptors (Lipinski definition) is 5. The van der Waals surface area contributed by atoms with Crippen LogP contribution >= 0.6 is 11.6 Å². The highest BCUT2D eigenvalue weighted by molar-refractivity contribution is 7.89. The van der Waals surface area contributed by atoms with E-state index in [4.69, 9.17) is 21.1 Å². The monoisotopic (exact) mass is 442 g/mol. The largest absolute Gasteiger partial charge is 0.490 e. The van der Waals surface area contributed by atoms with Crippen molar-refractivity contribution in [3.05, 3.63) is 46.7 Å². The number of anilines is 1. The number of ether oxygens (including phenoxy) is 2. The number of sulfonamides is 1. The fourth-order valence-electron chi connectivity index (χ4n) is 2.69. The molecule has 2 aromatic rings. The molecule has 2 N–H and O–H groups in total. The molecule has 10 heteroatoms. The van der Waals surface area contributed by atoms with Crippen LogP contribution in [0, 0.1) is 5.82 Å². The predicted octanol–water partition coefficient (Wildman–Crippen LogP) is 3.58. The number of amides is 1. The number of nitrogens with one attached hydrogen (secondary N) is 2. The van der Waals surface area contributed by atoms with Crippen molar-refractivity contribution in [2.75, 3.05) is 18.5 Å². The fraction of sp³-hybridized carbons (Fsp3) is 0.316. The zero-order valence-corrected chi connectivity index (χ0v) is 17.4. The molecule has 3 rings (SSSR count). The Bertz CT molecular complexity index is 1040. The third-order valence-electron chi connectivity index (χ3n) is 3.97. The van der Waals surface area contributed by atoms with Gasteiger partial charge in [0.25, 0.3) is 5.91 Å². The Labute approximate surface area is 173 Å². The predicted molar refractivity (Wildman–Crippen MR) is 107 cm³/mol. The van der Waals surface area contributed by atoms with Crippen molar-refractivity contribution in [2.24, 2.45) is 0 Å². The van der Waals surface area contributed by atoms with E-state index in [1.54, 1.807) is 13.8 Å². The van der Waals surface area contributed by atoms with E-state index in [0.29, 0.717) is 31.1 Å². The van der Waals surface area contributed by atoms with Crippen molar-refractivity contribution < 1.29 is 27.1 Å². The zero-order chi connectivity index (χ0) is 21.2. The van der Waals surface area contributed by atoms with Gasteiger partial charge in [0.05, 0.1) is 34.4 Å². The molecule has 2 aromatic carbocycles. The van der Waals surface area contributed by atoms with E-state index in [9.17, 15) is 17.6 Å². The molecule has 0 atom stereocenters. The van der Waals surface area contributed by atoms with Gasteiger partial charge in [-0.1, -0.05) is 11.6 Å². The molecule has 0 unspecified atom stereocenters. The molecule has 1 heterocycles. The Hall–Kier alpha value is -2.36. The van der Waals surface area contributed by atoms with Crippen LogP contribution in [0.25, 0.3) is 0 Å². The SMILES string of the molecule is CC(C)NS(=O)(=O)c1ccc(F)c(C(=O)Nc2cc3c(cc2Cl)OCCCO3)c1. The summed E-state index contributed by atoms with van der Waals surface area (Å²) >= 11 is 6.20. The fourth-order valence-corrected chi connectivity index (χ4v) is 4.17. The van der Waals surface area contributed by atoms with Gasteiger partial charge in [-0.25, -0.2) is 17.5 Å². The van der Waals surface area contributed by atoms with E-state index in [2.05, 4.69) is 10.0 Å². The van der Waals surface area contributed by atoms with Crippen molar-refractivity contribution >= 4 is 33.2 Å². The quantitative estimate of drug-likeness (QED) is 0.738. The number of hydrogen-bond donors (Lipinski definition) is 2. The molecule has 0 spiro atoms. The van der Waals surface area contributed by atoms with E-state index in [-0.39, 0.29) is 21.6 Å². The maximum Gasteiger partial charge on any atom is 0.258 e. The standard InChI is InChI=1S/C19H20ClFN2O5S/c1-11(2)23-29(25,26)12-4-5-15(21)13(8-12)19(24)22-16-10-18-17(9-14(16)20)27-6-3-7-28-18/h4-5,8-11,23H,3,6-7H2,1-2H3,(H,22,24). The lowest BCUT2D eigenvalue weighted by Gasteiger charge is -2.14. The summed E-state index contributed by atoms with van der Waals surface area (Å²) in [5, 5.41) is 2.67. The van der Waals surface area contributed by atoms with E-state index in [0.717, 1.165) is 18.2 Å². The van der Waals surface area contributed by atoms with E-state index in [1.807, 2.05) is 0 Å². The molecule has 0 saturated carbocycles. The molecule has 0 fully saturated rings. The summed E-state index contributed by atoms with van der Waals surface area (Å²) in [5.74, 6) is -0.860. The van der Waals surface area contributed by atoms with Gasteiger partial charge in [0, 0.05) is 24.6 Å². The summed E-state index contributed by atoms with van der Waals surface area (Å²) in [5.41, 5.74) is -0.242. The van der Waals surface area contributed by atoms with Crippen LogP contribution in [0.4, 0.5) is 10.1 Å². The van der Waals surface area contributed by atoms with Gasteiger partial charge in [-0.3, -0.25) is 4.79 Å². The molecule has 0 saturated heterocycles. The topological polar surface area (TPSA) is 93.7 Å². The van der Waals surface area contributed by atoms with Crippen LogP contribution in [0.1, 0.15) is 30.6 Å². The van der Waals surface area contributed by atoms with E-state index >= 15 is 0 Å². The van der Waals surface area contributed by atoms with E-state index < -0.39 is 27.3 Å². The van der Waals surface area contributed by atoms with E-state index in [1.165, 1.54) is 12.1 Å². The smallest absolute Gasteiger partial charge is 0.258 e. The molecule has 0 radical (unpaired) electrons. The molecule has 0 bridgehead atoms. The molecule has 7 nitrogen and oxygen atoms in total. The third-order valence-corrected chi connectivity index (χ3v) is 5.94. The molecule has 1 amide bonds. The lowest BCUT2D eigenvalue weighted by molar-refractivity contribution is 0.102. The van der Waals surface area contributed by atoms with Gasteiger partial charge in [-0.05, 0) is 32.0 Å². The Morgan fingerprint density at radius 3 is 2.45 bits per heavy atom. The maximum atomic E-state index is 14.2. The summed E-state index contributed by atoms with van der Waals surface area (Å²) in [6, 6.07) is 5.63. The van der Waals surface area contributed by atoms with Crippen molar-refractivity contribution in [1.29, 1.82) is 0 Å². The Balaban J connectivity index is 1.90. The summed E-state index contributed by atoms with van der Waals surface area (Å²) in [6.07, 6.45) is 0.699. The van der Waals surface area contributed by atoms with Gasteiger partial charge in [0.15, 0.2) is 11.5 Å². The normalized spacial score (nSPS) is 13.8. The molecule has 0 aromatic heterocycles. The molecule has 1 aliphatic heterocycles. The lowest BCUT2D eigenvalue weighted by Crippen LogP contribution is -2.30. The van der Waals surface area contributed by atoms with Crippen molar-refractivity contribution in [2.45, 2.75) is 31.2 Å². The number of fused-ring (bicyclic) bond motifs is 1. The molecular formula is C19H20ClFN2O5S. The molecule has 0 aliphatic carbocycles. The first kappa shape index (κ1) is 21.4. The first-order valence-corrected chi connectivity index (χ1v) is 10.8. The van der Waals surface area contributed by atoms with Gasteiger partial charge >= 0.3 is 0 Å². The number of rotatable bonds is 5. The van der Waals surface area contributed by atoms with Gasteiger partial charge in [-0.2, -0.15) is 0 Å². The highest BCUT2D eigenvalue weighted by Crippen LogP contribution is 2.38. The average molecular weight is 443 g/mol. The second kappa shape index (κ2) is 8.56. The van der Waals surface area contributed by atoms with Gasteiger partial charge in [0.1, 0.15) is 5.82 Å². The minimum atomic E-state index is -3.89. The van der Waals surface area contributed by atoms with Gasteiger partial charge in [-0.15, -0.1) is 0 Å². The van der Waals surface area contributed by atoms with Crippen molar-refractivity contribution in [3.8, 4) is 11.5 Å². The Morgan fingerprint density at radius 1 is 1.14 bits per heavy atom. The highest BCUT2D eigenvalue weighted by atomic mass is 35.5. The Morgan fingerprint density at radius 2 is 1.79 bits per heavy atom. The van der Waals surface area contributed by atoms with Crippen LogP contribution < -0.4 is 19.5 Å². The number of benzene rings is 2. The van der Waals surface area contributed by atoms with Crippen LogP contribution in [0.3, 0.4) is 0 Å². The maximum absolute atomic E-state index is 14.2. The first-order valence-electron chi connectivity index (χ1n) is 8.90. The van der Waals surface area contributed by atoms with Crippen LogP contribution in [0.15, 0.2) is 35.2 Å². The summed E-state index contributed by atoms with van der Waals surface area (Å²) < 4.78 is 52.3. The minimum absolute atomic E-state index is 0.174. The highest BCUT2D eigenvalue weighted by Gasteiger charge is 2.22. The molecule has 1 aliphatic rings.